The molecule has 1 atom stereocenters. The summed E-state index contributed by atoms with van der Waals surface area (Å²) in [6.07, 6.45) is 0.185. The fraction of sp³-hybridized carbons (Fsp3) is 0.160. The van der Waals surface area contributed by atoms with Crippen LogP contribution >= 0.6 is 11.6 Å². The van der Waals surface area contributed by atoms with Crippen molar-refractivity contribution >= 4 is 45.0 Å². The molecule has 0 saturated carbocycles. The number of para-hydroxylation sites is 1. The van der Waals surface area contributed by atoms with Crippen molar-refractivity contribution in [2.75, 3.05) is 11.4 Å². The number of primary sulfonamides is 1. The first kappa shape index (κ1) is 24.6. The summed E-state index contributed by atoms with van der Waals surface area (Å²) in [5.41, 5.74) is 1.52. The van der Waals surface area contributed by atoms with Crippen LogP contribution in [0.25, 0.3) is 0 Å². The Bertz CT molecular complexity index is 1360. The predicted octanol–water partition coefficient (Wildman–Crippen LogP) is 3.00. The van der Waals surface area contributed by atoms with Crippen LogP contribution in [-0.4, -0.2) is 43.6 Å². The molecule has 4 rings (SSSR count). The van der Waals surface area contributed by atoms with Crippen LogP contribution in [0.15, 0.2) is 83.8 Å². The van der Waals surface area contributed by atoms with E-state index in [4.69, 9.17) is 16.7 Å². The molecule has 8 nitrogen and oxygen atoms in total. The van der Waals surface area contributed by atoms with Gasteiger partial charge in [0, 0.05) is 17.1 Å². The summed E-state index contributed by atoms with van der Waals surface area (Å²) in [4.78, 5) is 42.0. The first-order valence-electron chi connectivity index (χ1n) is 10.8. The monoisotopic (exact) mass is 511 g/mol. The van der Waals surface area contributed by atoms with E-state index in [2.05, 4.69) is 0 Å². The molecule has 0 aromatic heterocycles. The lowest BCUT2D eigenvalue weighted by atomic mass is 10.1. The normalized spacial score (nSPS) is 15.9. The van der Waals surface area contributed by atoms with Gasteiger partial charge in [-0.15, -0.1) is 0 Å². The molecule has 180 valence electrons. The van der Waals surface area contributed by atoms with Gasteiger partial charge in [0.2, 0.25) is 15.9 Å². The number of nitrogens with two attached hydrogens (primary N) is 1. The zero-order valence-electron chi connectivity index (χ0n) is 18.5. The molecule has 1 fully saturated rings. The standard InChI is InChI=1S/C25H22ClN3O5S/c26-19-10-8-18(9-11-19)24(31)28(15-14-17-6-12-21(13-7-17)35(27,33)34)22-16-23(30)29(25(22)32)20-4-2-1-3-5-20/h1-13,22H,14-16H2,(H2,27,33,34)/t22-/m1/s1. The Morgan fingerprint density at radius 1 is 0.971 bits per heavy atom. The molecule has 0 spiro atoms. The highest BCUT2D eigenvalue weighted by molar-refractivity contribution is 7.89. The highest BCUT2D eigenvalue weighted by atomic mass is 35.5. The van der Waals surface area contributed by atoms with Crippen molar-refractivity contribution in [1.82, 2.24) is 4.90 Å². The van der Waals surface area contributed by atoms with E-state index in [-0.39, 0.29) is 17.9 Å². The van der Waals surface area contributed by atoms with Gasteiger partial charge in [0.05, 0.1) is 17.0 Å². The third-order valence-corrected chi connectivity index (χ3v) is 6.94. The van der Waals surface area contributed by atoms with Crippen molar-refractivity contribution in [1.29, 1.82) is 0 Å². The maximum Gasteiger partial charge on any atom is 0.257 e. The molecule has 1 aliphatic rings. The minimum absolute atomic E-state index is 0.0228. The van der Waals surface area contributed by atoms with E-state index < -0.39 is 33.8 Å². The Hall–Kier alpha value is -3.53. The number of hydrogen-bond donors (Lipinski definition) is 1. The Balaban J connectivity index is 1.61. The lowest BCUT2D eigenvalue weighted by Crippen LogP contribution is -2.46. The summed E-state index contributed by atoms with van der Waals surface area (Å²) in [5.74, 6) is -1.28. The van der Waals surface area contributed by atoms with Gasteiger partial charge in [-0.05, 0) is 60.5 Å². The highest BCUT2D eigenvalue weighted by Gasteiger charge is 2.44. The highest BCUT2D eigenvalue weighted by Crippen LogP contribution is 2.27. The van der Waals surface area contributed by atoms with Gasteiger partial charge >= 0.3 is 0 Å². The number of hydrogen-bond acceptors (Lipinski definition) is 5. The van der Waals surface area contributed by atoms with E-state index in [0.29, 0.717) is 22.7 Å². The minimum atomic E-state index is -3.83. The molecule has 1 saturated heterocycles. The second kappa shape index (κ2) is 9.99. The Labute approximate surface area is 208 Å². The number of benzene rings is 3. The van der Waals surface area contributed by atoms with Gasteiger partial charge in [-0.25, -0.2) is 18.5 Å². The second-order valence-electron chi connectivity index (χ2n) is 8.07. The average Bonchev–Trinajstić information content (AvgIpc) is 3.13. The maximum atomic E-state index is 13.5. The van der Waals surface area contributed by atoms with Crippen LogP contribution in [0.2, 0.25) is 5.02 Å². The molecule has 1 aliphatic heterocycles. The van der Waals surface area contributed by atoms with E-state index in [0.717, 1.165) is 10.5 Å². The Morgan fingerprint density at radius 3 is 2.20 bits per heavy atom. The number of sulfonamides is 1. The van der Waals surface area contributed by atoms with E-state index in [9.17, 15) is 22.8 Å². The molecule has 3 amide bonds. The van der Waals surface area contributed by atoms with Gasteiger partial charge in [-0.3, -0.25) is 14.4 Å². The lowest BCUT2D eigenvalue weighted by molar-refractivity contribution is -0.122. The first-order valence-corrected chi connectivity index (χ1v) is 12.7. The zero-order valence-corrected chi connectivity index (χ0v) is 20.1. The number of rotatable bonds is 7. The summed E-state index contributed by atoms with van der Waals surface area (Å²) in [6, 6.07) is 19.8. The van der Waals surface area contributed by atoms with Crippen LogP contribution in [0, 0.1) is 0 Å². The molecule has 0 aliphatic carbocycles. The number of nitrogens with zero attached hydrogens (tertiary/aromatic N) is 2. The molecule has 1 heterocycles. The van der Waals surface area contributed by atoms with Gasteiger partial charge < -0.3 is 4.90 Å². The Kier molecular flexibility index (Phi) is 7.02. The van der Waals surface area contributed by atoms with Crippen LogP contribution in [0.1, 0.15) is 22.3 Å². The van der Waals surface area contributed by atoms with Crippen LogP contribution < -0.4 is 10.0 Å². The molecular formula is C25H22ClN3O5S. The third-order valence-electron chi connectivity index (χ3n) is 5.76. The third kappa shape index (κ3) is 5.43. The summed E-state index contributed by atoms with van der Waals surface area (Å²) < 4.78 is 23.0. The molecule has 3 aromatic carbocycles. The van der Waals surface area contributed by atoms with Crippen LogP contribution in [0.3, 0.4) is 0 Å². The first-order chi connectivity index (χ1) is 16.6. The quantitative estimate of drug-likeness (QED) is 0.489. The van der Waals surface area contributed by atoms with Crippen molar-refractivity contribution in [2.24, 2.45) is 5.14 Å². The van der Waals surface area contributed by atoms with Gasteiger partial charge in [0.1, 0.15) is 6.04 Å². The van der Waals surface area contributed by atoms with Crippen LogP contribution in [0.4, 0.5) is 5.69 Å². The van der Waals surface area contributed by atoms with Gasteiger partial charge in [0.25, 0.3) is 11.8 Å². The SMILES string of the molecule is NS(=O)(=O)c1ccc(CCN(C(=O)c2ccc(Cl)cc2)[C@@H]2CC(=O)N(c3ccccc3)C2=O)cc1. The molecule has 0 bridgehead atoms. The molecule has 35 heavy (non-hydrogen) atoms. The van der Waals surface area contributed by atoms with E-state index in [1.165, 1.54) is 17.0 Å². The van der Waals surface area contributed by atoms with Crippen molar-refractivity contribution in [2.45, 2.75) is 23.8 Å². The van der Waals surface area contributed by atoms with Gasteiger partial charge in [-0.1, -0.05) is 41.9 Å². The predicted molar refractivity (Wildman–Crippen MR) is 131 cm³/mol. The zero-order chi connectivity index (χ0) is 25.2. The molecule has 3 aromatic rings. The van der Waals surface area contributed by atoms with Crippen LogP contribution in [0.5, 0.6) is 0 Å². The van der Waals surface area contributed by atoms with E-state index >= 15 is 0 Å². The average molecular weight is 512 g/mol. The fourth-order valence-corrected chi connectivity index (χ4v) is 4.60. The van der Waals surface area contributed by atoms with Crippen molar-refractivity contribution in [3.63, 3.8) is 0 Å². The number of amides is 3. The number of carbonyl (C=O) groups is 3. The molecule has 0 unspecified atom stereocenters. The summed E-state index contributed by atoms with van der Waals surface area (Å²) in [7, 11) is -3.83. The van der Waals surface area contributed by atoms with Crippen molar-refractivity contribution in [3.8, 4) is 0 Å². The number of anilines is 1. The fourth-order valence-electron chi connectivity index (χ4n) is 3.96. The Morgan fingerprint density at radius 2 is 1.60 bits per heavy atom. The number of imide groups is 1. The van der Waals surface area contributed by atoms with Gasteiger partial charge in [-0.2, -0.15) is 0 Å². The van der Waals surface area contributed by atoms with Crippen LogP contribution in [-0.2, 0) is 26.0 Å². The van der Waals surface area contributed by atoms with E-state index in [1.54, 1.807) is 66.7 Å². The van der Waals surface area contributed by atoms with E-state index in [1.807, 2.05) is 0 Å². The molecule has 10 heteroatoms. The summed E-state index contributed by atoms with van der Waals surface area (Å²) in [6.45, 7) is 0.127. The topological polar surface area (TPSA) is 118 Å². The largest absolute Gasteiger partial charge is 0.326 e. The molecular weight excluding hydrogens is 490 g/mol. The molecule has 0 radical (unpaired) electrons. The minimum Gasteiger partial charge on any atom is -0.326 e. The summed E-state index contributed by atoms with van der Waals surface area (Å²) >= 11 is 5.96. The number of carbonyl (C=O) groups excluding carboxylic acids is 3. The van der Waals surface area contributed by atoms with Crippen molar-refractivity contribution < 1.29 is 22.8 Å². The summed E-state index contributed by atoms with van der Waals surface area (Å²) in [5, 5.41) is 5.61. The van der Waals surface area contributed by atoms with Gasteiger partial charge in [0.15, 0.2) is 0 Å². The lowest BCUT2D eigenvalue weighted by Gasteiger charge is -2.28. The second-order valence-corrected chi connectivity index (χ2v) is 10.1. The smallest absolute Gasteiger partial charge is 0.257 e. The molecule has 2 N–H and O–H groups in total. The maximum absolute atomic E-state index is 13.5. The number of halogens is 1. The van der Waals surface area contributed by atoms with Crippen molar-refractivity contribution in [3.05, 3.63) is 95.0 Å².